The van der Waals surface area contributed by atoms with E-state index < -0.39 is 24.9 Å². The first kappa shape index (κ1) is 27.7. The van der Waals surface area contributed by atoms with Crippen LogP contribution >= 0.6 is 0 Å². The molecule has 0 unspecified atom stereocenters. The van der Waals surface area contributed by atoms with Crippen LogP contribution in [0.15, 0.2) is 47.2 Å². The fourth-order valence-corrected chi connectivity index (χ4v) is 4.65. The molecule has 13 heteroatoms. The van der Waals surface area contributed by atoms with E-state index in [2.05, 4.69) is 20.8 Å². The molecule has 40 heavy (non-hydrogen) atoms. The summed E-state index contributed by atoms with van der Waals surface area (Å²) in [6.45, 7) is 4.97. The van der Waals surface area contributed by atoms with Gasteiger partial charge in [-0.05, 0) is 51.5 Å². The summed E-state index contributed by atoms with van der Waals surface area (Å²) in [5.74, 6) is -0.392. The number of carbonyl (C=O) groups excluding carboxylic acids is 1. The van der Waals surface area contributed by atoms with Gasteiger partial charge in [0.1, 0.15) is 12.7 Å². The second kappa shape index (κ2) is 10.6. The molecular formula is C27H30F4N6O3. The molecular weight excluding hydrogens is 532 g/mol. The number of rotatable bonds is 7. The molecule has 2 N–H and O–H groups in total. The van der Waals surface area contributed by atoms with Crippen molar-refractivity contribution in [1.29, 1.82) is 0 Å². The van der Waals surface area contributed by atoms with Crippen LogP contribution in [0.4, 0.5) is 23.2 Å². The zero-order valence-electron chi connectivity index (χ0n) is 22.3. The number of halogens is 4. The molecule has 2 atom stereocenters. The van der Waals surface area contributed by atoms with Crippen molar-refractivity contribution < 1.29 is 31.6 Å². The van der Waals surface area contributed by atoms with E-state index in [1.54, 1.807) is 36.7 Å². The van der Waals surface area contributed by atoms with Gasteiger partial charge in [-0.3, -0.25) is 4.79 Å². The van der Waals surface area contributed by atoms with Gasteiger partial charge in [-0.15, -0.1) is 0 Å². The number of benzene rings is 1. The lowest BCUT2D eigenvalue weighted by Crippen LogP contribution is -2.39. The van der Waals surface area contributed by atoms with Gasteiger partial charge in [-0.1, -0.05) is 11.2 Å². The van der Waals surface area contributed by atoms with E-state index in [0.717, 1.165) is 4.57 Å². The molecule has 1 saturated heterocycles. The van der Waals surface area contributed by atoms with Gasteiger partial charge in [0.2, 0.25) is 11.7 Å². The third-order valence-corrected chi connectivity index (χ3v) is 6.74. The summed E-state index contributed by atoms with van der Waals surface area (Å²) in [5, 5.41) is 10.2. The Morgan fingerprint density at radius 3 is 2.70 bits per heavy atom. The fraction of sp³-hybridized carbons (Fsp3) is 0.444. The molecule has 9 nitrogen and oxygen atoms in total. The van der Waals surface area contributed by atoms with Gasteiger partial charge in [-0.25, -0.2) is 4.39 Å². The standard InChI is InChI=1S/C27H30F4N6O3/c1-26(2,3)36-9-7-16(13-36)25(38)32-12-23-34-24(35-40-23)22-11-17-19(33-20-8-10-39-14-18(20)28)5-4-6-21(17)37(22)15-27(29,30)31/h4-7,9,11,13,18,20,33H,8,10,12,14-15H2,1-3H3,(H,32,38)/t18-,20+/m1/s1. The highest BCUT2D eigenvalue weighted by Gasteiger charge is 2.32. The lowest BCUT2D eigenvalue weighted by atomic mass is 10.1. The number of nitrogens with one attached hydrogen (secondary N) is 2. The summed E-state index contributed by atoms with van der Waals surface area (Å²) < 4.78 is 68.6. The SMILES string of the molecule is CC(C)(C)n1ccc(C(=O)NCc2nc(-c3cc4c(N[C@H]5CCOC[C@H]5F)cccc4n3CC(F)(F)F)no2)c1. The number of aromatic nitrogens is 4. The van der Waals surface area contributed by atoms with Gasteiger partial charge in [0, 0.05) is 35.6 Å². The van der Waals surface area contributed by atoms with Crippen LogP contribution in [0.25, 0.3) is 22.4 Å². The van der Waals surface area contributed by atoms with E-state index in [9.17, 15) is 22.4 Å². The normalized spacial score (nSPS) is 18.3. The Morgan fingerprint density at radius 1 is 1.20 bits per heavy atom. The van der Waals surface area contributed by atoms with Crippen molar-refractivity contribution >= 4 is 22.5 Å². The van der Waals surface area contributed by atoms with Gasteiger partial charge in [0.05, 0.1) is 36.0 Å². The minimum Gasteiger partial charge on any atom is -0.379 e. The van der Waals surface area contributed by atoms with Crippen LogP contribution < -0.4 is 10.6 Å². The molecule has 4 aromatic rings. The molecule has 1 fully saturated rings. The average Bonchev–Trinajstić information content (AvgIpc) is 3.62. The van der Waals surface area contributed by atoms with Crippen LogP contribution in [0.3, 0.4) is 0 Å². The molecule has 214 valence electrons. The van der Waals surface area contributed by atoms with E-state index in [4.69, 9.17) is 9.26 Å². The summed E-state index contributed by atoms with van der Waals surface area (Å²) >= 11 is 0. The average molecular weight is 563 g/mol. The summed E-state index contributed by atoms with van der Waals surface area (Å²) in [4.78, 5) is 16.9. The highest BCUT2D eigenvalue weighted by atomic mass is 19.4. The molecule has 0 saturated carbocycles. The maximum Gasteiger partial charge on any atom is 0.406 e. The summed E-state index contributed by atoms with van der Waals surface area (Å²) in [6.07, 6.45) is -1.82. The molecule has 5 rings (SSSR count). The van der Waals surface area contributed by atoms with Crippen LogP contribution in [0.2, 0.25) is 0 Å². The number of amides is 1. The highest BCUT2D eigenvalue weighted by molar-refractivity contribution is 5.96. The molecule has 1 aromatic carbocycles. The number of hydrogen-bond acceptors (Lipinski definition) is 6. The first-order valence-corrected chi connectivity index (χ1v) is 12.9. The second-order valence-corrected chi connectivity index (χ2v) is 10.8. The minimum atomic E-state index is -4.53. The van der Waals surface area contributed by atoms with Crippen LogP contribution in [-0.2, 0) is 23.4 Å². The maximum absolute atomic E-state index is 14.4. The first-order valence-electron chi connectivity index (χ1n) is 12.9. The molecule has 0 bridgehead atoms. The maximum atomic E-state index is 14.4. The number of fused-ring (bicyclic) bond motifs is 1. The second-order valence-electron chi connectivity index (χ2n) is 10.8. The summed E-state index contributed by atoms with van der Waals surface area (Å²) in [6, 6.07) is 7.53. The molecule has 4 heterocycles. The van der Waals surface area contributed by atoms with Crippen LogP contribution in [0, 0.1) is 0 Å². The highest BCUT2D eigenvalue weighted by Crippen LogP contribution is 2.35. The summed E-state index contributed by atoms with van der Waals surface area (Å²) in [5.41, 5.74) is 1.10. The Hall–Kier alpha value is -3.87. The third-order valence-electron chi connectivity index (χ3n) is 6.74. The van der Waals surface area contributed by atoms with Crippen molar-refractivity contribution in [2.45, 2.75) is 64.2 Å². The molecule has 1 aliphatic rings. The number of nitrogens with zero attached hydrogens (tertiary/aromatic N) is 4. The largest absolute Gasteiger partial charge is 0.406 e. The number of anilines is 1. The van der Waals surface area contributed by atoms with E-state index in [1.165, 1.54) is 6.07 Å². The lowest BCUT2D eigenvalue weighted by Gasteiger charge is -2.28. The van der Waals surface area contributed by atoms with Crippen molar-refractivity contribution in [3.05, 3.63) is 54.2 Å². The van der Waals surface area contributed by atoms with Crippen molar-refractivity contribution in [2.24, 2.45) is 0 Å². The predicted octanol–water partition coefficient (Wildman–Crippen LogP) is 5.28. The van der Waals surface area contributed by atoms with E-state index in [0.29, 0.717) is 29.7 Å². The zero-order valence-corrected chi connectivity index (χ0v) is 22.3. The fourth-order valence-electron chi connectivity index (χ4n) is 4.65. The van der Waals surface area contributed by atoms with Crippen molar-refractivity contribution in [3.63, 3.8) is 0 Å². The molecule has 1 aliphatic heterocycles. The predicted molar refractivity (Wildman–Crippen MR) is 140 cm³/mol. The number of carbonyl (C=O) groups is 1. The molecule has 3 aromatic heterocycles. The van der Waals surface area contributed by atoms with Gasteiger partial charge in [-0.2, -0.15) is 18.2 Å². The Morgan fingerprint density at radius 2 is 2.00 bits per heavy atom. The van der Waals surface area contributed by atoms with Gasteiger partial charge in [0.15, 0.2) is 0 Å². The third kappa shape index (κ3) is 5.98. The number of hydrogen-bond donors (Lipinski definition) is 2. The Kier molecular flexibility index (Phi) is 7.34. The van der Waals surface area contributed by atoms with Gasteiger partial charge < -0.3 is 29.0 Å². The number of alkyl halides is 4. The van der Waals surface area contributed by atoms with E-state index in [-0.39, 0.29) is 47.5 Å². The topological polar surface area (TPSA) is 99.1 Å². The number of ether oxygens (including phenoxy) is 1. The van der Waals surface area contributed by atoms with Crippen LogP contribution in [-0.4, -0.2) is 56.8 Å². The quantitative estimate of drug-likeness (QED) is 0.298. The Bertz CT molecular complexity index is 1500. The monoisotopic (exact) mass is 562 g/mol. The van der Waals surface area contributed by atoms with Crippen molar-refractivity contribution in [2.75, 3.05) is 18.5 Å². The molecule has 0 spiro atoms. The molecule has 1 amide bonds. The van der Waals surface area contributed by atoms with Crippen molar-refractivity contribution in [3.8, 4) is 11.5 Å². The smallest absolute Gasteiger partial charge is 0.379 e. The minimum absolute atomic E-state index is 0.0308. The Labute approximate surface area is 227 Å². The van der Waals surface area contributed by atoms with Gasteiger partial charge in [0.25, 0.3) is 5.91 Å². The first-order chi connectivity index (χ1) is 18.9. The van der Waals surface area contributed by atoms with Gasteiger partial charge >= 0.3 is 6.18 Å². The molecule has 0 aliphatic carbocycles. The van der Waals surface area contributed by atoms with Crippen LogP contribution in [0.1, 0.15) is 43.4 Å². The lowest BCUT2D eigenvalue weighted by molar-refractivity contribution is -0.139. The van der Waals surface area contributed by atoms with Crippen molar-refractivity contribution in [1.82, 2.24) is 24.6 Å². The Balaban J connectivity index is 1.40. The van der Waals surface area contributed by atoms with E-state index in [1.807, 2.05) is 25.3 Å². The van der Waals surface area contributed by atoms with E-state index >= 15 is 0 Å². The summed E-state index contributed by atoms with van der Waals surface area (Å²) in [7, 11) is 0. The molecule has 0 radical (unpaired) electrons. The van der Waals surface area contributed by atoms with Crippen LogP contribution in [0.5, 0.6) is 0 Å². The zero-order chi connectivity index (χ0) is 28.7.